The predicted octanol–water partition coefficient (Wildman–Crippen LogP) is 3.43. The fourth-order valence-electron chi connectivity index (χ4n) is 5.58. The van der Waals surface area contributed by atoms with Crippen LogP contribution in [0.3, 0.4) is 0 Å². The van der Waals surface area contributed by atoms with Gasteiger partial charge in [0.2, 0.25) is 5.91 Å². The number of carbonyl (C=O) groups excluding carboxylic acids is 1. The number of β-amino-alcohol motifs (C(OH)–C–C–N with tert-alkyl or cyclic N) is 1. The summed E-state index contributed by atoms with van der Waals surface area (Å²) in [6, 6.07) is 0.824. The van der Waals surface area contributed by atoms with E-state index in [9.17, 15) is 9.90 Å². The van der Waals surface area contributed by atoms with Gasteiger partial charge in [-0.25, -0.2) is 0 Å². The molecule has 25 heavy (non-hydrogen) atoms. The number of hydrogen-bond acceptors (Lipinski definition) is 3. The minimum atomic E-state index is -0.524. The second kappa shape index (κ2) is 7.19. The zero-order valence-corrected chi connectivity index (χ0v) is 16.8. The first-order chi connectivity index (χ1) is 11.7. The number of likely N-dealkylation sites (tertiary alicyclic amines) is 2. The summed E-state index contributed by atoms with van der Waals surface area (Å²) in [4.78, 5) is 16.7. The van der Waals surface area contributed by atoms with Gasteiger partial charge in [-0.2, -0.15) is 0 Å². The molecule has 0 aromatic rings. The van der Waals surface area contributed by atoms with Crippen LogP contribution < -0.4 is 0 Å². The Morgan fingerprint density at radius 2 is 1.72 bits per heavy atom. The van der Waals surface area contributed by atoms with Crippen molar-refractivity contribution in [1.29, 1.82) is 0 Å². The molecule has 0 radical (unpaired) electrons. The molecule has 4 nitrogen and oxygen atoms in total. The van der Waals surface area contributed by atoms with Crippen molar-refractivity contribution in [3.8, 4) is 0 Å². The largest absolute Gasteiger partial charge is 0.389 e. The van der Waals surface area contributed by atoms with E-state index in [4.69, 9.17) is 0 Å². The van der Waals surface area contributed by atoms with Crippen molar-refractivity contribution < 1.29 is 9.90 Å². The number of rotatable bonds is 2. The first-order valence-corrected chi connectivity index (χ1v) is 10.4. The van der Waals surface area contributed by atoms with E-state index in [-0.39, 0.29) is 5.91 Å². The van der Waals surface area contributed by atoms with Crippen molar-refractivity contribution in [2.24, 2.45) is 11.3 Å². The third-order valence-corrected chi connectivity index (χ3v) is 7.22. The minimum absolute atomic E-state index is 0.225. The van der Waals surface area contributed by atoms with Crippen LogP contribution in [0, 0.1) is 11.3 Å². The Labute approximate surface area is 153 Å². The SMILES string of the molecule is CC(=O)N1CCCC[C@H]2[C@@H]1CCN2CC1(O)CCC(C(C)(C)C)CC1. The lowest BCUT2D eigenvalue weighted by Crippen LogP contribution is -2.51. The smallest absolute Gasteiger partial charge is 0.219 e. The van der Waals surface area contributed by atoms with Crippen molar-refractivity contribution in [2.75, 3.05) is 19.6 Å². The summed E-state index contributed by atoms with van der Waals surface area (Å²) in [5.41, 5.74) is -0.173. The molecule has 2 heterocycles. The lowest BCUT2D eigenvalue weighted by Gasteiger charge is -2.44. The minimum Gasteiger partial charge on any atom is -0.389 e. The third-order valence-electron chi connectivity index (χ3n) is 7.22. The molecule has 2 atom stereocenters. The van der Waals surface area contributed by atoms with Crippen LogP contribution >= 0.6 is 0 Å². The van der Waals surface area contributed by atoms with Crippen LogP contribution in [-0.2, 0) is 4.79 Å². The molecule has 3 rings (SSSR count). The fraction of sp³-hybridized carbons (Fsp3) is 0.952. The molecule has 0 spiro atoms. The monoisotopic (exact) mass is 350 g/mol. The maximum Gasteiger partial charge on any atom is 0.219 e. The molecule has 2 aliphatic heterocycles. The van der Waals surface area contributed by atoms with Crippen LogP contribution in [0.1, 0.15) is 79.1 Å². The average Bonchev–Trinajstić information content (AvgIpc) is 2.77. The summed E-state index contributed by atoms with van der Waals surface area (Å²) >= 11 is 0. The van der Waals surface area contributed by atoms with Crippen molar-refractivity contribution in [1.82, 2.24) is 9.80 Å². The Hall–Kier alpha value is -0.610. The van der Waals surface area contributed by atoms with Crippen molar-refractivity contribution in [2.45, 2.75) is 96.7 Å². The van der Waals surface area contributed by atoms with Gasteiger partial charge in [0.1, 0.15) is 0 Å². The first-order valence-electron chi connectivity index (χ1n) is 10.4. The number of carbonyl (C=O) groups is 1. The van der Waals surface area contributed by atoms with Crippen LogP contribution in [0.25, 0.3) is 0 Å². The summed E-state index contributed by atoms with van der Waals surface area (Å²) in [6.45, 7) is 11.5. The first kappa shape index (κ1) is 19.2. The molecule has 0 aromatic heterocycles. The van der Waals surface area contributed by atoms with Gasteiger partial charge in [0, 0.05) is 38.6 Å². The molecule has 1 N–H and O–H groups in total. The van der Waals surface area contributed by atoms with Crippen LogP contribution in [0.15, 0.2) is 0 Å². The Balaban J connectivity index is 1.62. The van der Waals surface area contributed by atoms with Crippen LogP contribution in [-0.4, -0.2) is 58.1 Å². The highest BCUT2D eigenvalue weighted by Crippen LogP contribution is 2.42. The predicted molar refractivity (Wildman–Crippen MR) is 101 cm³/mol. The molecular weight excluding hydrogens is 312 g/mol. The van der Waals surface area contributed by atoms with Crippen molar-refractivity contribution >= 4 is 5.91 Å². The van der Waals surface area contributed by atoms with E-state index in [1.165, 1.54) is 12.8 Å². The van der Waals surface area contributed by atoms with E-state index < -0.39 is 5.60 Å². The van der Waals surface area contributed by atoms with Gasteiger partial charge in [-0.3, -0.25) is 9.69 Å². The number of fused-ring (bicyclic) bond motifs is 1. The van der Waals surface area contributed by atoms with E-state index in [0.717, 1.165) is 64.1 Å². The van der Waals surface area contributed by atoms with E-state index in [1.54, 1.807) is 6.92 Å². The molecule has 0 bridgehead atoms. The molecule has 0 unspecified atom stereocenters. The van der Waals surface area contributed by atoms with Gasteiger partial charge in [0.25, 0.3) is 0 Å². The van der Waals surface area contributed by atoms with Crippen LogP contribution in [0.4, 0.5) is 0 Å². The second-order valence-electron chi connectivity index (χ2n) is 9.97. The summed E-state index contributed by atoms with van der Waals surface area (Å²) < 4.78 is 0. The molecular formula is C21H38N2O2. The topological polar surface area (TPSA) is 43.8 Å². The summed E-state index contributed by atoms with van der Waals surface area (Å²) in [6.07, 6.45) is 8.71. The maximum atomic E-state index is 12.0. The zero-order chi connectivity index (χ0) is 18.2. The lowest BCUT2D eigenvalue weighted by atomic mass is 9.68. The van der Waals surface area contributed by atoms with Gasteiger partial charge < -0.3 is 10.0 Å². The fourth-order valence-corrected chi connectivity index (χ4v) is 5.58. The average molecular weight is 351 g/mol. The molecule has 1 aliphatic carbocycles. The molecule has 3 fully saturated rings. The molecule has 1 saturated carbocycles. The number of aliphatic hydroxyl groups is 1. The lowest BCUT2D eigenvalue weighted by molar-refractivity contribution is -0.131. The van der Waals surface area contributed by atoms with Gasteiger partial charge in [0.15, 0.2) is 0 Å². The number of nitrogens with zero attached hydrogens (tertiary/aromatic N) is 2. The second-order valence-corrected chi connectivity index (χ2v) is 9.97. The van der Waals surface area contributed by atoms with Gasteiger partial charge in [0.05, 0.1) is 5.60 Å². The number of hydrogen-bond donors (Lipinski definition) is 1. The highest BCUT2D eigenvalue weighted by atomic mass is 16.3. The van der Waals surface area contributed by atoms with E-state index in [2.05, 4.69) is 30.6 Å². The van der Waals surface area contributed by atoms with E-state index >= 15 is 0 Å². The van der Waals surface area contributed by atoms with Gasteiger partial charge in [-0.15, -0.1) is 0 Å². The molecule has 4 heteroatoms. The Bertz CT molecular complexity index is 477. The standard InChI is InChI=1S/C21H38N2O2/c1-16(24)23-13-6-5-7-18-19(23)10-14-22(18)15-21(25)11-8-17(9-12-21)20(2,3)4/h17-19,25H,5-15H2,1-4H3/t17?,18-,19-,21?/m0/s1. The summed E-state index contributed by atoms with van der Waals surface area (Å²) in [5.74, 6) is 0.952. The van der Waals surface area contributed by atoms with Crippen LogP contribution in [0.5, 0.6) is 0 Å². The van der Waals surface area contributed by atoms with E-state index in [0.29, 0.717) is 17.5 Å². The molecule has 0 aromatic carbocycles. The molecule has 2 saturated heterocycles. The highest BCUT2D eigenvalue weighted by molar-refractivity contribution is 5.73. The van der Waals surface area contributed by atoms with Gasteiger partial charge in [-0.1, -0.05) is 27.2 Å². The Kier molecular flexibility index (Phi) is 5.51. The maximum absolute atomic E-state index is 12.0. The Morgan fingerprint density at radius 1 is 1.04 bits per heavy atom. The highest BCUT2D eigenvalue weighted by Gasteiger charge is 2.44. The van der Waals surface area contributed by atoms with E-state index in [1.807, 2.05) is 0 Å². The zero-order valence-electron chi connectivity index (χ0n) is 16.8. The third kappa shape index (κ3) is 4.21. The van der Waals surface area contributed by atoms with Crippen LogP contribution in [0.2, 0.25) is 0 Å². The van der Waals surface area contributed by atoms with Gasteiger partial charge >= 0.3 is 0 Å². The molecule has 1 amide bonds. The summed E-state index contributed by atoms with van der Waals surface area (Å²) in [5, 5.41) is 11.2. The quantitative estimate of drug-likeness (QED) is 0.830. The normalized spacial score (nSPS) is 37.6. The van der Waals surface area contributed by atoms with Gasteiger partial charge in [-0.05, 0) is 56.3 Å². The molecule has 3 aliphatic rings. The number of amides is 1. The Morgan fingerprint density at radius 3 is 2.32 bits per heavy atom. The van der Waals surface area contributed by atoms with Crippen molar-refractivity contribution in [3.05, 3.63) is 0 Å². The van der Waals surface area contributed by atoms with Crippen molar-refractivity contribution in [3.63, 3.8) is 0 Å². The molecule has 144 valence electrons. The summed E-state index contributed by atoms with van der Waals surface area (Å²) in [7, 11) is 0.